The second-order valence-electron chi connectivity index (χ2n) is 4.94. The summed E-state index contributed by atoms with van der Waals surface area (Å²) in [6.45, 7) is 12.0. The Hall–Kier alpha value is -2.93. The van der Waals surface area contributed by atoms with Crippen molar-refractivity contribution >= 4 is 32.5 Å². The number of hydrogen-bond donors (Lipinski definition) is 1. The molecule has 0 spiro atoms. The highest BCUT2D eigenvalue weighted by Gasteiger charge is 2.08. The molecule has 0 bridgehead atoms. The van der Waals surface area contributed by atoms with Crippen molar-refractivity contribution in [3.8, 4) is 11.6 Å². The van der Waals surface area contributed by atoms with Crippen LogP contribution in [0.3, 0.4) is 0 Å². The number of nitrogens with zero attached hydrogens (tertiary/aromatic N) is 4. The number of hydrogen-bond acceptors (Lipinski definition) is 6. The second-order valence-corrected chi connectivity index (χ2v) is 5.91. The van der Waals surface area contributed by atoms with Crippen LogP contribution in [0.25, 0.3) is 10.3 Å². The molecule has 0 aliphatic carbocycles. The summed E-state index contributed by atoms with van der Waals surface area (Å²) in [6.07, 6.45) is 3.65. The van der Waals surface area contributed by atoms with E-state index < -0.39 is 0 Å². The molecular weight excluding hydrogens is 394 g/mol. The first-order valence-electron chi connectivity index (χ1n) is 10.0. The summed E-state index contributed by atoms with van der Waals surface area (Å²) in [6, 6.07) is 13.3. The molecule has 0 aliphatic rings. The molecule has 0 radical (unpaired) electrons. The van der Waals surface area contributed by atoms with Crippen LogP contribution in [0.15, 0.2) is 54.9 Å². The zero-order chi connectivity index (χ0) is 21.6. The number of fused-ring (bicyclic) bond motifs is 1. The maximum atomic E-state index is 5.75. The van der Waals surface area contributed by atoms with Crippen molar-refractivity contribution in [3.05, 3.63) is 54.9 Å². The fraction of sp³-hybridized carbons (Fsp3) is 0.348. The van der Waals surface area contributed by atoms with Crippen molar-refractivity contribution in [2.45, 2.75) is 49.0 Å². The van der Waals surface area contributed by atoms with Gasteiger partial charge < -0.3 is 10.1 Å². The molecule has 0 aliphatic heterocycles. The minimum atomic E-state index is 0. The molecule has 0 unspecified atom stereocenters. The monoisotopic (exact) mass is 429 g/mol. The number of thiazole rings is 1. The van der Waals surface area contributed by atoms with Crippen LogP contribution in [0.1, 0.15) is 49.0 Å². The van der Waals surface area contributed by atoms with Crippen molar-refractivity contribution < 1.29 is 4.74 Å². The van der Waals surface area contributed by atoms with Crippen LogP contribution >= 0.6 is 11.3 Å². The molecule has 164 valence electrons. The Morgan fingerprint density at radius 3 is 2.17 bits per heavy atom. The summed E-state index contributed by atoms with van der Waals surface area (Å²) in [5, 5.41) is 8.12. The first kappa shape index (κ1) is 27.1. The van der Waals surface area contributed by atoms with Gasteiger partial charge in [-0.05, 0) is 18.2 Å². The number of pyridine rings is 1. The van der Waals surface area contributed by atoms with Crippen LogP contribution in [0.4, 0.5) is 10.8 Å². The third-order valence-corrected chi connectivity index (χ3v) is 4.03. The highest BCUT2D eigenvalue weighted by Crippen LogP contribution is 2.29. The van der Waals surface area contributed by atoms with Crippen LogP contribution in [0, 0.1) is 0 Å². The third-order valence-electron chi connectivity index (χ3n) is 3.15. The van der Waals surface area contributed by atoms with Crippen molar-refractivity contribution in [2.24, 2.45) is 7.05 Å². The van der Waals surface area contributed by atoms with E-state index >= 15 is 0 Å². The molecule has 6 nitrogen and oxygen atoms in total. The predicted molar refractivity (Wildman–Crippen MR) is 131 cm³/mol. The lowest BCUT2D eigenvalue weighted by molar-refractivity contribution is 0.465. The van der Waals surface area contributed by atoms with E-state index in [-0.39, 0.29) is 7.43 Å². The number of aromatic nitrogens is 4. The van der Waals surface area contributed by atoms with Gasteiger partial charge in [-0.15, -0.1) is 0 Å². The van der Waals surface area contributed by atoms with Crippen molar-refractivity contribution in [2.75, 3.05) is 5.32 Å². The van der Waals surface area contributed by atoms with Gasteiger partial charge in [0.1, 0.15) is 16.1 Å². The molecule has 0 atom stereocenters. The zero-order valence-electron chi connectivity index (χ0n) is 18.3. The Morgan fingerprint density at radius 2 is 1.57 bits per heavy atom. The van der Waals surface area contributed by atoms with Gasteiger partial charge in [-0.3, -0.25) is 4.68 Å². The van der Waals surface area contributed by atoms with Crippen LogP contribution in [-0.4, -0.2) is 19.7 Å². The van der Waals surface area contributed by atoms with E-state index in [1.807, 2.05) is 97.3 Å². The maximum Gasteiger partial charge on any atom is 0.220 e. The van der Waals surface area contributed by atoms with E-state index in [1.165, 1.54) is 11.3 Å². The molecule has 1 aromatic carbocycles. The summed E-state index contributed by atoms with van der Waals surface area (Å²) < 4.78 is 7.49. The van der Waals surface area contributed by atoms with Crippen LogP contribution < -0.4 is 10.1 Å². The van der Waals surface area contributed by atoms with Crippen LogP contribution in [0.2, 0.25) is 0 Å². The Bertz CT molecular complexity index is 951. The Morgan fingerprint density at radius 1 is 0.900 bits per heavy atom. The van der Waals surface area contributed by atoms with Gasteiger partial charge in [0.2, 0.25) is 5.88 Å². The molecular formula is C23H35N5OS. The molecule has 0 fully saturated rings. The fourth-order valence-electron chi connectivity index (χ4n) is 2.13. The Kier molecular flexibility index (Phi) is 13.5. The first-order chi connectivity index (χ1) is 14.3. The Labute approximate surface area is 185 Å². The van der Waals surface area contributed by atoms with Gasteiger partial charge in [0, 0.05) is 19.3 Å². The largest absolute Gasteiger partial charge is 0.439 e. The van der Waals surface area contributed by atoms with Crippen LogP contribution in [0.5, 0.6) is 11.6 Å². The molecule has 30 heavy (non-hydrogen) atoms. The van der Waals surface area contributed by atoms with Gasteiger partial charge in [0.05, 0.1) is 11.9 Å². The van der Waals surface area contributed by atoms with Gasteiger partial charge >= 0.3 is 0 Å². The minimum absolute atomic E-state index is 0. The van der Waals surface area contributed by atoms with E-state index in [0.29, 0.717) is 5.88 Å². The second kappa shape index (κ2) is 15.0. The van der Waals surface area contributed by atoms with Crippen molar-refractivity contribution in [1.82, 2.24) is 19.7 Å². The number of rotatable bonds is 4. The van der Waals surface area contributed by atoms with E-state index in [1.54, 1.807) is 10.9 Å². The lowest BCUT2D eigenvalue weighted by atomic mass is 10.3. The molecule has 4 rings (SSSR count). The molecule has 3 heterocycles. The van der Waals surface area contributed by atoms with Gasteiger partial charge in [0.15, 0.2) is 5.13 Å². The summed E-state index contributed by atoms with van der Waals surface area (Å²) >= 11 is 1.48. The van der Waals surface area contributed by atoms with E-state index in [9.17, 15) is 0 Å². The number of aryl methyl sites for hydroxylation is 1. The van der Waals surface area contributed by atoms with Gasteiger partial charge in [0.25, 0.3) is 0 Å². The average Bonchev–Trinajstić information content (AvgIpc) is 3.38. The van der Waals surface area contributed by atoms with Crippen molar-refractivity contribution in [3.63, 3.8) is 0 Å². The average molecular weight is 430 g/mol. The summed E-state index contributed by atoms with van der Waals surface area (Å²) in [4.78, 5) is 9.85. The number of anilines is 2. The molecule has 4 aromatic rings. The summed E-state index contributed by atoms with van der Waals surface area (Å²) in [5.41, 5.74) is 1.73. The molecule has 1 N–H and O–H groups in total. The van der Waals surface area contributed by atoms with Crippen LogP contribution in [-0.2, 0) is 7.05 Å². The normalized spacial score (nSPS) is 8.90. The third kappa shape index (κ3) is 7.83. The first-order valence-corrected chi connectivity index (χ1v) is 10.8. The SMILES string of the molecule is C.CC.CC.CC.Cn1cc(Nc2nc3ccc(Oc4ccccc4)nc3s2)cn1. The number of benzene rings is 1. The minimum Gasteiger partial charge on any atom is -0.439 e. The number of para-hydroxylation sites is 1. The molecule has 0 saturated carbocycles. The standard InChI is InChI=1S/C16H13N5OS.3C2H6.CH4/c1-21-10-11(9-17-21)18-16-19-13-7-8-14(20-15(13)23-16)22-12-5-3-2-4-6-12;3*1-2;/h2-10H,1H3,(H,18,19);3*1-2H3;1H4. The summed E-state index contributed by atoms with van der Waals surface area (Å²) in [7, 11) is 1.87. The number of ether oxygens (including phenoxy) is 1. The smallest absolute Gasteiger partial charge is 0.220 e. The van der Waals surface area contributed by atoms with Gasteiger partial charge in [-0.2, -0.15) is 5.10 Å². The highest BCUT2D eigenvalue weighted by atomic mass is 32.1. The zero-order valence-corrected chi connectivity index (χ0v) is 19.1. The topological polar surface area (TPSA) is 64.9 Å². The quantitative estimate of drug-likeness (QED) is 0.360. The van der Waals surface area contributed by atoms with Gasteiger partial charge in [-0.25, -0.2) is 9.97 Å². The van der Waals surface area contributed by atoms with Crippen molar-refractivity contribution in [1.29, 1.82) is 0 Å². The molecule has 0 saturated heterocycles. The summed E-state index contributed by atoms with van der Waals surface area (Å²) in [5.74, 6) is 1.32. The lowest BCUT2D eigenvalue weighted by Crippen LogP contribution is -1.87. The fourth-order valence-corrected chi connectivity index (χ4v) is 2.98. The maximum absolute atomic E-state index is 5.75. The van der Waals surface area contributed by atoms with E-state index in [4.69, 9.17) is 4.74 Å². The molecule has 7 heteroatoms. The lowest BCUT2D eigenvalue weighted by Gasteiger charge is -2.03. The molecule has 0 amide bonds. The molecule has 3 aromatic heterocycles. The Balaban J connectivity index is 0.00000111. The highest BCUT2D eigenvalue weighted by molar-refractivity contribution is 7.21. The van der Waals surface area contributed by atoms with E-state index in [2.05, 4.69) is 20.4 Å². The number of nitrogens with one attached hydrogen (secondary N) is 1. The van der Waals surface area contributed by atoms with Gasteiger partial charge in [-0.1, -0.05) is 78.5 Å². The predicted octanol–water partition coefficient (Wildman–Crippen LogP) is 7.68. The van der Waals surface area contributed by atoms with E-state index in [0.717, 1.165) is 26.9 Å².